The second kappa shape index (κ2) is 4.14. The highest BCUT2D eigenvalue weighted by Gasteiger charge is 2.16. The summed E-state index contributed by atoms with van der Waals surface area (Å²) in [5, 5.41) is 14.4. The Morgan fingerprint density at radius 2 is 2.25 bits per heavy atom. The molecule has 0 radical (unpaired) electrons. The number of hydrogen-bond acceptors (Lipinski definition) is 3. The van der Waals surface area contributed by atoms with Gasteiger partial charge in [-0.25, -0.2) is 0 Å². The summed E-state index contributed by atoms with van der Waals surface area (Å²) in [5.74, 6) is 0. The summed E-state index contributed by atoms with van der Waals surface area (Å²) < 4.78 is 6.80. The van der Waals surface area contributed by atoms with Crippen molar-refractivity contribution >= 4 is 0 Å². The number of aliphatic hydroxyl groups is 1. The number of furan rings is 1. The Morgan fingerprint density at radius 1 is 1.50 bits per heavy atom. The molecule has 0 aromatic carbocycles. The van der Waals surface area contributed by atoms with Crippen molar-refractivity contribution in [1.29, 1.82) is 0 Å². The van der Waals surface area contributed by atoms with Gasteiger partial charge in [0.1, 0.15) is 0 Å². The van der Waals surface area contributed by atoms with Gasteiger partial charge in [0.15, 0.2) is 0 Å². The van der Waals surface area contributed by atoms with Gasteiger partial charge >= 0.3 is 0 Å². The van der Waals surface area contributed by atoms with Crippen molar-refractivity contribution < 1.29 is 9.52 Å². The first-order chi connectivity index (χ1) is 7.59. The first-order valence-electron chi connectivity index (χ1n) is 5.29. The second-order valence-corrected chi connectivity index (χ2v) is 4.05. The SMILES string of the molecule is Cc1nn(C)c(C)c1CC(O)c1ccoc1. The van der Waals surface area contributed by atoms with Crippen molar-refractivity contribution in [2.45, 2.75) is 26.4 Å². The van der Waals surface area contributed by atoms with Crippen LogP contribution in [0.2, 0.25) is 0 Å². The van der Waals surface area contributed by atoms with E-state index in [0.29, 0.717) is 6.42 Å². The van der Waals surface area contributed by atoms with E-state index >= 15 is 0 Å². The second-order valence-electron chi connectivity index (χ2n) is 4.05. The topological polar surface area (TPSA) is 51.2 Å². The van der Waals surface area contributed by atoms with E-state index in [1.807, 2.05) is 25.6 Å². The number of nitrogens with zero attached hydrogens (tertiary/aromatic N) is 2. The summed E-state index contributed by atoms with van der Waals surface area (Å²) in [6, 6.07) is 1.78. The third-order valence-corrected chi connectivity index (χ3v) is 2.98. The van der Waals surface area contributed by atoms with Crippen LogP contribution < -0.4 is 0 Å². The molecule has 0 saturated heterocycles. The summed E-state index contributed by atoms with van der Waals surface area (Å²) in [4.78, 5) is 0. The van der Waals surface area contributed by atoms with Gasteiger partial charge in [0.25, 0.3) is 0 Å². The maximum absolute atomic E-state index is 10.0. The number of rotatable bonds is 3. The number of aliphatic hydroxyl groups excluding tert-OH is 1. The Kier molecular flexibility index (Phi) is 2.83. The molecule has 2 rings (SSSR count). The summed E-state index contributed by atoms with van der Waals surface area (Å²) in [7, 11) is 1.91. The molecule has 0 bridgehead atoms. The first kappa shape index (κ1) is 11.0. The highest BCUT2D eigenvalue weighted by Crippen LogP contribution is 2.22. The largest absolute Gasteiger partial charge is 0.472 e. The molecule has 16 heavy (non-hydrogen) atoms. The lowest BCUT2D eigenvalue weighted by atomic mass is 10.0. The fraction of sp³-hybridized carbons (Fsp3) is 0.417. The summed E-state index contributed by atoms with van der Waals surface area (Å²) in [6.45, 7) is 3.97. The Hall–Kier alpha value is -1.55. The molecule has 86 valence electrons. The van der Waals surface area contributed by atoms with E-state index in [0.717, 1.165) is 22.5 Å². The molecule has 0 aliphatic heterocycles. The van der Waals surface area contributed by atoms with E-state index in [4.69, 9.17) is 4.42 Å². The molecule has 4 heteroatoms. The monoisotopic (exact) mass is 220 g/mol. The van der Waals surface area contributed by atoms with Crippen molar-refractivity contribution in [3.8, 4) is 0 Å². The normalized spacial score (nSPS) is 13.0. The molecule has 0 aliphatic rings. The molecule has 2 aromatic rings. The Balaban J connectivity index is 2.21. The molecule has 2 heterocycles. The van der Waals surface area contributed by atoms with Crippen LogP contribution in [0.3, 0.4) is 0 Å². The molecule has 1 atom stereocenters. The molecule has 1 N–H and O–H groups in total. The smallest absolute Gasteiger partial charge is 0.0960 e. The maximum atomic E-state index is 10.0. The van der Waals surface area contributed by atoms with Crippen LogP contribution in [0.5, 0.6) is 0 Å². The highest BCUT2D eigenvalue weighted by molar-refractivity contribution is 5.26. The van der Waals surface area contributed by atoms with Crippen molar-refractivity contribution in [2.24, 2.45) is 7.05 Å². The maximum Gasteiger partial charge on any atom is 0.0960 e. The van der Waals surface area contributed by atoms with Crippen molar-refractivity contribution in [3.63, 3.8) is 0 Å². The van der Waals surface area contributed by atoms with E-state index in [2.05, 4.69) is 5.10 Å². The molecule has 0 aliphatic carbocycles. The van der Waals surface area contributed by atoms with Crippen molar-refractivity contribution in [1.82, 2.24) is 9.78 Å². The lowest BCUT2D eigenvalue weighted by Crippen LogP contribution is -2.02. The van der Waals surface area contributed by atoms with E-state index in [1.165, 1.54) is 0 Å². The van der Waals surface area contributed by atoms with Crippen molar-refractivity contribution in [3.05, 3.63) is 41.1 Å². The average molecular weight is 220 g/mol. The first-order valence-corrected chi connectivity index (χ1v) is 5.29. The Bertz CT molecular complexity index is 471. The molecule has 0 spiro atoms. The highest BCUT2D eigenvalue weighted by atomic mass is 16.3. The van der Waals surface area contributed by atoms with E-state index in [1.54, 1.807) is 18.6 Å². The van der Waals surface area contributed by atoms with Crippen LogP contribution in [0.25, 0.3) is 0 Å². The standard InChI is InChI=1S/C12H16N2O2/c1-8-11(9(2)14(3)13-8)6-12(15)10-4-5-16-7-10/h4-5,7,12,15H,6H2,1-3H3. The number of aromatic nitrogens is 2. The minimum atomic E-state index is -0.527. The predicted octanol–water partition coefficient (Wildman–Crippen LogP) is 1.91. The van der Waals surface area contributed by atoms with Gasteiger partial charge in [0.05, 0.1) is 24.3 Å². The van der Waals surface area contributed by atoms with Crippen LogP contribution in [0.4, 0.5) is 0 Å². The van der Waals surface area contributed by atoms with Gasteiger partial charge < -0.3 is 9.52 Å². The van der Waals surface area contributed by atoms with Gasteiger partial charge in [-0.05, 0) is 25.5 Å². The molecular weight excluding hydrogens is 204 g/mol. The molecule has 0 fully saturated rings. The summed E-state index contributed by atoms with van der Waals surface area (Å²) in [6.07, 6.45) is 3.19. The molecule has 2 aromatic heterocycles. The zero-order valence-electron chi connectivity index (χ0n) is 9.77. The third kappa shape index (κ3) is 1.88. The van der Waals surface area contributed by atoms with Crippen LogP contribution in [0, 0.1) is 13.8 Å². The van der Waals surface area contributed by atoms with E-state index in [-0.39, 0.29) is 0 Å². The Labute approximate surface area is 94.5 Å². The fourth-order valence-corrected chi connectivity index (χ4v) is 1.89. The minimum Gasteiger partial charge on any atom is -0.472 e. The van der Waals surface area contributed by atoms with Crippen LogP contribution in [0.15, 0.2) is 23.0 Å². The average Bonchev–Trinajstić information content (AvgIpc) is 2.83. The van der Waals surface area contributed by atoms with Crippen LogP contribution >= 0.6 is 0 Å². The third-order valence-electron chi connectivity index (χ3n) is 2.98. The predicted molar refractivity (Wildman–Crippen MR) is 60.1 cm³/mol. The number of hydrogen-bond donors (Lipinski definition) is 1. The Morgan fingerprint density at radius 3 is 2.75 bits per heavy atom. The molecule has 0 amide bonds. The minimum absolute atomic E-state index is 0.527. The van der Waals surface area contributed by atoms with Gasteiger partial charge in [-0.2, -0.15) is 5.10 Å². The van der Waals surface area contributed by atoms with Crippen LogP contribution in [-0.2, 0) is 13.5 Å². The zero-order valence-corrected chi connectivity index (χ0v) is 9.77. The number of aryl methyl sites for hydroxylation is 2. The summed E-state index contributed by atoms with van der Waals surface area (Å²) in [5.41, 5.74) is 3.99. The fourth-order valence-electron chi connectivity index (χ4n) is 1.89. The van der Waals surface area contributed by atoms with Gasteiger partial charge in [-0.3, -0.25) is 4.68 Å². The molecule has 0 saturated carbocycles. The lowest BCUT2D eigenvalue weighted by Gasteiger charge is -2.08. The van der Waals surface area contributed by atoms with Gasteiger partial charge in [0, 0.05) is 24.7 Å². The summed E-state index contributed by atoms with van der Waals surface area (Å²) >= 11 is 0. The quantitative estimate of drug-likeness (QED) is 0.859. The van der Waals surface area contributed by atoms with Gasteiger partial charge in [-0.1, -0.05) is 0 Å². The van der Waals surface area contributed by atoms with Gasteiger partial charge in [0.2, 0.25) is 0 Å². The molecule has 1 unspecified atom stereocenters. The van der Waals surface area contributed by atoms with E-state index < -0.39 is 6.10 Å². The lowest BCUT2D eigenvalue weighted by molar-refractivity contribution is 0.177. The van der Waals surface area contributed by atoms with Gasteiger partial charge in [-0.15, -0.1) is 0 Å². The van der Waals surface area contributed by atoms with Crippen LogP contribution in [-0.4, -0.2) is 14.9 Å². The van der Waals surface area contributed by atoms with Crippen LogP contribution in [0.1, 0.15) is 28.6 Å². The molecular formula is C12H16N2O2. The molecule has 4 nitrogen and oxygen atoms in total. The zero-order chi connectivity index (χ0) is 11.7. The van der Waals surface area contributed by atoms with E-state index in [9.17, 15) is 5.11 Å². The van der Waals surface area contributed by atoms with Crippen molar-refractivity contribution in [2.75, 3.05) is 0 Å².